The van der Waals surface area contributed by atoms with Crippen molar-refractivity contribution in [3.05, 3.63) is 94.5 Å². The number of benzene rings is 3. The number of hydrogen-bond acceptors (Lipinski definition) is 4. The summed E-state index contributed by atoms with van der Waals surface area (Å²) in [4.78, 5) is 0. The van der Waals surface area contributed by atoms with Crippen LogP contribution in [0.4, 0.5) is 11.4 Å². The Labute approximate surface area is 168 Å². The summed E-state index contributed by atoms with van der Waals surface area (Å²) in [6.45, 7) is 0.530. The van der Waals surface area contributed by atoms with E-state index >= 15 is 0 Å². The van der Waals surface area contributed by atoms with Gasteiger partial charge in [0.15, 0.2) is 0 Å². The molecule has 0 saturated carbocycles. The summed E-state index contributed by atoms with van der Waals surface area (Å²) in [6.07, 6.45) is 0. The highest BCUT2D eigenvalue weighted by Crippen LogP contribution is 2.16. The summed E-state index contributed by atoms with van der Waals surface area (Å²) in [5, 5.41) is 28.9. The highest BCUT2D eigenvalue weighted by molar-refractivity contribution is 6.30. The maximum Gasteiger partial charge on any atom is 0.125 e. The lowest BCUT2D eigenvalue weighted by Gasteiger charge is -2.09. The van der Waals surface area contributed by atoms with E-state index in [1.807, 2.05) is 48.5 Å². The lowest BCUT2D eigenvalue weighted by molar-refractivity contribution is 0.908. The van der Waals surface area contributed by atoms with Crippen LogP contribution in [0.15, 0.2) is 83.1 Å². The average Bonchev–Trinajstić information content (AvgIpc) is 2.73. The summed E-state index contributed by atoms with van der Waals surface area (Å²) in [5.41, 5.74) is 6.42. The molecule has 0 heterocycles. The van der Waals surface area contributed by atoms with E-state index in [0.717, 1.165) is 11.1 Å². The molecule has 3 rings (SSSR count). The minimum atomic E-state index is 0.303. The third-order valence-electron chi connectivity index (χ3n) is 3.85. The molecule has 7 heteroatoms. The molecular weight excluding hydrogens is 372 g/mol. The number of rotatable bonds is 6. The van der Waals surface area contributed by atoms with Gasteiger partial charge in [-0.2, -0.15) is 5.26 Å². The lowest BCUT2D eigenvalue weighted by atomic mass is 10.1. The molecule has 0 aliphatic rings. The predicted octanol–water partition coefficient (Wildman–Crippen LogP) is 5.44. The van der Waals surface area contributed by atoms with Crippen molar-refractivity contribution in [1.82, 2.24) is 5.32 Å². The van der Waals surface area contributed by atoms with Crippen LogP contribution in [0.2, 0.25) is 5.02 Å². The van der Waals surface area contributed by atoms with Gasteiger partial charge in [-0.05, 0) is 48.0 Å². The molecule has 0 atom stereocenters. The molecule has 6 nitrogen and oxygen atoms in total. The Balaban J connectivity index is 1.59. The molecule has 0 unspecified atom stereocenters. The highest BCUT2D eigenvalue weighted by Gasteiger charge is 2.03. The van der Waals surface area contributed by atoms with E-state index in [4.69, 9.17) is 22.3 Å². The standard InChI is InChI=1S/C21H17ClN6/c22-18-9-7-15(8-10-18)14-25-21(24)17-4-2-6-20(12-17)27-28-26-19-5-1-3-16(11-19)13-23/h1-12H,14H2,(H2,24,25)(H,26,27). The molecule has 0 aromatic heterocycles. The Hall–Kier alpha value is -3.69. The number of nitrogens with zero attached hydrogens (tertiary/aromatic N) is 3. The number of hydrogen-bond donors (Lipinski definition) is 3. The highest BCUT2D eigenvalue weighted by atomic mass is 35.5. The molecular formula is C21H17ClN6. The molecule has 0 bridgehead atoms. The van der Waals surface area contributed by atoms with Crippen molar-refractivity contribution in [2.75, 3.05) is 5.43 Å². The van der Waals surface area contributed by atoms with E-state index in [1.165, 1.54) is 0 Å². The van der Waals surface area contributed by atoms with Crippen molar-refractivity contribution in [3.8, 4) is 6.07 Å². The summed E-state index contributed by atoms with van der Waals surface area (Å²) in [5.74, 6) is 0.303. The average molecular weight is 389 g/mol. The SMILES string of the molecule is N#Cc1cccc(/N=N/Nc2cccc(C(=N)NCc3ccc(Cl)cc3)c2)c1. The molecule has 0 radical (unpaired) electrons. The Bertz CT molecular complexity index is 1040. The van der Waals surface area contributed by atoms with Gasteiger partial charge in [-0.25, -0.2) is 0 Å². The molecule has 0 saturated heterocycles. The zero-order valence-electron chi connectivity index (χ0n) is 14.9. The van der Waals surface area contributed by atoms with Crippen molar-refractivity contribution in [2.24, 2.45) is 10.3 Å². The third kappa shape index (κ3) is 5.40. The smallest absolute Gasteiger partial charge is 0.125 e. The van der Waals surface area contributed by atoms with Crippen LogP contribution < -0.4 is 10.7 Å². The Morgan fingerprint density at radius 2 is 1.82 bits per heavy atom. The maximum atomic E-state index is 8.91. The molecule has 3 aromatic rings. The molecule has 3 aromatic carbocycles. The van der Waals surface area contributed by atoms with E-state index in [0.29, 0.717) is 34.3 Å². The molecule has 0 amide bonds. The van der Waals surface area contributed by atoms with Gasteiger partial charge in [-0.15, -0.1) is 5.11 Å². The second-order valence-corrected chi connectivity index (χ2v) is 6.35. The van der Waals surface area contributed by atoms with Crippen molar-refractivity contribution in [2.45, 2.75) is 6.54 Å². The lowest BCUT2D eigenvalue weighted by Crippen LogP contribution is -2.22. The van der Waals surface area contributed by atoms with Crippen molar-refractivity contribution >= 4 is 28.8 Å². The van der Waals surface area contributed by atoms with Crippen LogP contribution in [0.25, 0.3) is 0 Å². The van der Waals surface area contributed by atoms with Gasteiger partial charge >= 0.3 is 0 Å². The van der Waals surface area contributed by atoms with Crippen LogP contribution in [0, 0.1) is 16.7 Å². The number of halogens is 1. The van der Waals surface area contributed by atoms with Crippen molar-refractivity contribution in [1.29, 1.82) is 10.7 Å². The van der Waals surface area contributed by atoms with E-state index in [-0.39, 0.29) is 0 Å². The van der Waals surface area contributed by atoms with Gasteiger partial charge < -0.3 is 5.32 Å². The van der Waals surface area contributed by atoms with Crippen molar-refractivity contribution in [3.63, 3.8) is 0 Å². The first-order valence-electron chi connectivity index (χ1n) is 8.48. The van der Waals surface area contributed by atoms with Crippen molar-refractivity contribution < 1.29 is 0 Å². The summed E-state index contributed by atoms with van der Waals surface area (Å²) in [7, 11) is 0. The quantitative estimate of drug-likeness (QED) is 0.227. The fourth-order valence-corrected chi connectivity index (χ4v) is 2.54. The predicted molar refractivity (Wildman–Crippen MR) is 111 cm³/mol. The van der Waals surface area contributed by atoms with E-state index in [2.05, 4.69) is 27.1 Å². The van der Waals surface area contributed by atoms with Gasteiger partial charge in [0.25, 0.3) is 0 Å². The molecule has 0 aliphatic carbocycles. The number of nitrogens with one attached hydrogen (secondary N) is 3. The normalized spacial score (nSPS) is 10.4. The molecule has 0 spiro atoms. The minimum absolute atomic E-state index is 0.303. The summed E-state index contributed by atoms with van der Waals surface area (Å²) < 4.78 is 0. The maximum absolute atomic E-state index is 8.91. The van der Waals surface area contributed by atoms with Gasteiger partial charge in [-0.3, -0.25) is 10.8 Å². The Morgan fingerprint density at radius 1 is 1.04 bits per heavy atom. The van der Waals surface area contributed by atoms with Crippen LogP contribution in [-0.2, 0) is 6.54 Å². The second-order valence-electron chi connectivity index (χ2n) is 5.91. The monoisotopic (exact) mass is 388 g/mol. The van der Waals surface area contributed by atoms with E-state index < -0.39 is 0 Å². The van der Waals surface area contributed by atoms with Crippen LogP contribution in [0.5, 0.6) is 0 Å². The van der Waals surface area contributed by atoms with Crippen LogP contribution in [0.1, 0.15) is 16.7 Å². The van der Waals surface area contributed by atoms with E-state index in [9.17, 15) is 0 Å². The fraction of sp³-hybridized carbons (Fsp3) is 0.0476. The molecule has 0 aliphatic heterocycles. The number of anilines is 1. The van der Waals surface area contributed by atoms with Crippen LogP contribution in [-0.4, -0.2) is 5.84 Å². The second kappa shape index (κ2) is 9.31. The number of nitriles is 1. The zero-order chi connectivity index (χ0) is 19.8. The summed E-state index contributed by atoms with van der Waals surface area (Å²) >= 11 is 5.88. The van der Waals surface area contributed by atoms with Gasteiger partial charge in [-0.1, -0.05) is 47.2 Å². The zero-order valence-corrected chi connectivity index (χ0v) is 15.6. The van der Waals surface area contributed by atoms with E-state index in [1.54, 1.807) is 24.3 Å². The fourth-order valence-electron chi connectivity index (χ4n) is 2.42. The van der Waals surface area contributed by atoms with Crippen LogP contribution >= 0.6 is 11.6 Å². The molecule has 0 fully saturated rings. The first-order valence-corrected chi connectivity index (χ1v) is 8.86. The summed E-state index contributed by atoms with van der Waals surface area (Å²) in [6, 6.07) is 23.7. The van der Waals surface area contributed by atoms with Gasteiger partial charge in [0, 0.05) is 17.1 Å². The first-order chi connectivity index (χ1) is 13.6. The molecule has 138 valence electrons. The largest absolute Gasteiger partial charge is 0.366 e. The minimum Gasteiger partial charge on any atom is -0.366 e. The topological polar surface area (TPSA) is 96.4 Å². The number of amidine groups is 1. The van der Waals surface area contributed by atoms with Gasteiger partial charge in [0.1, 0.15) is 5.84 Å². The molecule has 3 N–H and O–H groups in total. The Morgan fingerprint density at radius 3 is 2.61 bits per heavy atom. The third-order valence-corrected chi connectivity index (χ3v) is 4.11. The van der Waals surface area contributed by atoms with Gasteiger partial charge in [0.2, 0.25) is 0 Å². The van der Waals surface area contributed by atoms with Crippen LogP contribution in [0.3, 0.4) is 0 Å². The first kappa shape index (κ1) is 19.1. The molecule has 28 heavy (non-hydrogen) atoms. The Kier molecular flexibility index (Phi) is 6.34. The van der Waals surface area contributed by atoms with Gasteiger partial charge in [0.05, 0.1) is 23.0 Å².